The molecule has 1 aromatic rings. The van der Waals surface area contributed by atoms with Crippen LogP contribution in [0.25, 0.3) is 0 Å². The predicted octanol–water partition coefficient (Wildman–Crippen LogP) is 2.43. The summed E-state index contributed by atoms with van der Waals surface area (Å²) in [5, 5.41) is 9.13. The van der Waals surface area contributed by atoms with Gasteiger partial charge in [0.2, 0.25) is 0 Å². The molecule has 0 aliphatic carbocycles. The van der Waals surface area contributed by atoms with E-state index in [1.807, 2.05) is 6.92 Å². The van der Waals surface area contributed by atoms with Gasteiger partial charge in [-0.1, -0.05) is 20.8 Å². The lowest BCUT2D eigenvalue weighted by Crippen LogP contribution is -2.21. The van der Waals surface area contributed by atoms with Crippen molar-refractivity contribution in [2.24, 2.45) is 11.8 Å². The zero-order valence-electron chi connectivity index (χ0n) is 11.2. The standard InChI is InChI=1S/C14H20N2O2/c1-4-12-5-11(14(17)18)6-13(15-12)16-7-9(2)10(3)8-16/h5-6,9-10H,4,7-8H2,1-3H3,(H,17,18). The van der Waals surface area contributed by atoms with Crippen LogP contribution in [0.15, 0.2) is 12.1 Å². The third-order valence-corrected chi connectivity index (χ3v) is 3.79. The van der Waals surface area contributed by atoms with Crippen molar-refractivity contribution in [3.8, 4) is 0 Å². The van der Waals surface area contributed by atoms with Crippen LogP contribution in [0.5, 0.6) is 0 Å². The Morgan fingerprint density at radius 2 is 2.00 bits per heavy atom. The minimum absolute atomic E-state index is 0.337. The van der Waals surface area contributed by atoms with Gasteiger partial charge in [-0.3, -0.25) is 0 Å². The number of nitrogens with zero attached hydrogens (tertiary/aromatic N) is 2. The fourth-order valence-electron chi connectivity index (χ4n) is 2.36. The van der Waals surface area contributed by atoms with Gasteiger partial charge < -0.3 is 10.0 Å². The number of hydrogen-bond donors (Lipinski definition) is 1. The Kier molecular flexibility index (Phi) is 3.55. The number of carbonyl (C=O) groups is 1. The van der Waals surface area contributed by atoms with E-state index in [0.717, 1.165) is 31.0 Å². The van der Waals surface area contributed by atoms with Gasteiger partial charge in [0.25, 0.3) is 0 Å². The molecule has 0 radical (unpaired) electrons. The van der Waals surface area contributed by atoms with Crippen molar-refractivity contribution < 1.29 is 9.90 Å². The number of rotatable bonds is 3. The average Bonchev–Trinajstić information content (AvgIpc) is 2.69. The Hall–Kier alpha value is -1.58. The molecule has 0 spiro atoms. The third kappa shape index (κ3) is 2.47. The lowest BCUT2D eigenvalue weighted by atomic mass is 10.0. The molecule has 1 fully saturated rings. The molecule has 1 N–H and O–H groups in total. The molecule has 1 saturated heterocycles. The van der Waals surface area contributed by atoms with Crippen LogP contribution in [0, 0.1) is 11.8 Å². The molecule has 0 amide bonds. The molecule has 4 heteroatoms. The normalized spacial score (nSPS) is 23.4. The van der Waals surface area contributed by atoms with E-state index in [1.165, 1.54) is 0 Å². The Morgan fingerprint density at radius 3 is 2.50 bits per heavy atom. The van der Waals surface area contributed by atoms with E-state index in [0.29, 0.717) is 17.4 Å². The molecule has 1 aromatic heterocycles. The average molecular weight is 248 g/mol. The lowest BCUT2D eigenvalue weighted by molar-refractivity contribution is 0.0696. The Bertz CT molecular complexity index is 449. The number of carboxylic acid groups (broad SMARTS) is 1. The molecule has 1 aliphatic heterocycles. The maximum absolute atomic E-state index is 11.1. The van der Waals surface area contributed by atoms with E-state index in [4.69, 9.17) is 5.11 Å². The van der Waals surface area contributed by atoms with E-state index >= 15 is 0 Å². The van der Waals surface area contributed by atoms with Crippen LogP contribution in [0.1, 0.15) is 36.8 Å². The van der Waals surface area contributed by atoms with Gasteiger partial charge in [-0.25, -0.2) is 9.78 Å². The summed E-state index contributed by atoms with van der Waals surface area (Å²) >= 11 is 0. The van der Waals surface area contributed by atoms with E-state index in [2.05, 4.69) is 23.7 Å². The van der Waals surface area contributed by atoms with Gasteiger partial charge in [0.05, 0.1) is 5.56 Å². The number of aryl methyl sites for hydroxylation is 1. The molecule has 98 valence electrons. The number of pyridine rings is 1. The highest BCUT2D eigenvalue weighted by atomic mass is 16.4. The van der Waals surface area contributed by atoms with Gasteiger partial charge in [-0.15, -0.1) is 0 Å². The topological polar surface area (TPSA) is 53.4 Å². The second kappa shape index (κ2) is 4.96. The summed E-state index contributed by atoms with van der Waals surface area (Å²) in [4.78, 5) is 17.9. The molecule has 18 heavy (non-hydrogen) atoms. The van der Waals surface area contributed by atoms with Crippen molar-refractivity contribution in [2.45, 2.75) is 27.2 Å². The van der Waals surface area contributed by atoms with Gasteiger partial charge in [0.1, 0.15) is 5.82 Å². The van der Waals surface area contributed by atoms with E-state index in [9.17, 15) is 4.79 Å². The van der Waals surface area contributed by atoms with Gasteiger partial charge >= 0.3 is 5.97 Å². The summed E-state index contributed by atoms with van der Waals surface area (Å²) < 4.78 is 0. The summed E-state index contributed by atoms with van der Waals surface area (Å²) in [6.45, 7) is 8.37. The first-order valence-corrected chi connectivity index (χ1v) is 6.50. The Labute approximate surface area is 108 Å². The maximum Gasteiger partial charge on any atom is 0.335 e. The highest BCUT2D eigenvalue weighted by Gasteiger charge is 2.27. The van der Waals surface area contributed by atoms with Gasteiger partial charge in [0.15, 0.2) is 0 Å². The number of aromatic nitrogens is 1. The molecule has 1 aliphatic rings. The Balaban J connectivity index is 2.32. The van der Waals surface area contributed by atoms with Crippen molar-refractivity contribution in [2.75, 3.05) is 18.0 Å². The van der Waals surface area contributed by atoms with Crippen molar-refractivity contribution in [1.29, 1.82) is 0 Å². The summed E-state index contributed by atoms with van der Waals surface area (Å²) in [5.41, 5.74) is 1.18. The summed E-state index contributed by atoms with van der Waals surface area (Å²) in [6, 6.07) is 3.35. The SMILES string of the molecule is CCc1cc(C(=O)O)cc(N2CC(C)C(C)C2)n1. The summed E-state index contributed by atoms with van der Waals surface area (Å²) in [6.07, 6.45) is 0.757. The van der Waals surface area contributed by atoms with Crippen molar-refractivity contribution in [3.63, 3.8) is 0 Å². The molecule has 2 heterocycles. The second-order valence-electron chi connectivity index (χ2n) is 5.22. The molecule has 2 rings (SSSR count). The molecular formula is C14H20N2O2. The molecular weight excluding hydrogens is 228 g/mol. The summed E-state index contributed by atoms with van der Waals surface area (Å²) in [5.74, 6) is 1.19. The lowest BCUT2D eigenvalue weighted by Gasteiger charge is -2.18. The smallest absolute Gasteiger partial charge is 0.335 e. The molecule has 4 nitrogen and oxygen atoms in total. The zero-order chi connectivity index (χ0) is 13.3. The van der Waals surface area contributed by atoms with Crippen LogP contribution in [0.3, 0.4) is 0 Å². The minimum atomic E-state index is -0.881. The van der Waals surface area contributed by atoms with Crippen LogP contribution in [0.2, 0.25) is 0 Å². The fraction of sp³-hybridized carbons (Fsp3) is 0.571. The van der Waals surface area contributed by atoms with Crippen LogP contribution >= 0.6 is 0 Å². The van der Waals surface area contributed by atoms with E-state index in [1.54, 1.807) is 12.1 Å². The predicted molar refractivity (Wildman–Crippen MR) is 71.1 cm³/mol. The van der Waals surface area contributed by atoms with Gasteiger partial charge in [-0.05, 0) is 30.4 Å². The van der Waals surface area contributed by atoms with Crippen LogP contribution in [-0.2, 0) is 6.42 Å². The number of aromatic carboxylic acids is 1. The van der Waals surface area contributed by atoms with Crippen LogP contribution in [0.4, 0.5) is 5.82 Å². The first-order valence-electron chi connectivity index (χ1n) is 6.50. The van der Waals surface area contributed by atoms with Crippen molar-refractivity contribution in [1.82, 2.24) is 4.98 Å². The first-order chi connectivity index (χ1) is 8.51. The second-order valence-corrected chi connectivity index (χ2v) is 5.22. The number of carboxylic acids is 1. The maximum atomic E-state index is 11.1. The fourth-order valence-corrected chi connectivity index (χ4v) is 2.36. The zero-order valence-corrected chi connectivity index (χ0v) is 11.2. The molecule has 0 aromatic carbocycles. The largest absolute Gasteiger partial charge is 0.478 e. The minimum Gasteiger partial charge on any atom is -0.478 e. The highest BCUT2D eigenvalue weighted by Crippen LogP contribution is 2.27. The number of anilines is 1. The molecule has 0 bridgehead atoms. The van der Waals surface area contributed by atoms with E-state index in [-0.39, 0.29) is 0 Å². The van der Waals surface area contributed by atoms with Crippen LogP contribution < -0.4 is 4.90 Å². The molecule has 0 saturated carbocycles. The highest BCUT2D eigenvalue weighted by molar-refractivity contribution is 5.88. The third-order valence-electron chi connectivity index (χ3n) is 3.79. The van der Waals surface area contributed by atoms with E-state index < -0.39 is 5.97 Å². The quantitative estimate of drug-likeness (QED) is 0.892. The molecule has 2 atom stereocenters. The van der Waals surface area contributed by atoms with Crippen molar-refractivity contribution >= 4 is 11.8 Å². The summed E-state index contributed by atoms with van der Waals surface area (Å²) in [7, 11) is 0. The Morgan fingerprint density at radius 1 is 1.39 bits per heavy atom. The van der Waals surface area contributed by atoms with Gasteiger partial charge in [-0.2, -0.15) is 0 Å². The monoisotopic (exact) mass is 248 g/mol. The first kappa shape index (κ1) is 12.9. The van der Waals surface area contributed by atoms with Crippen molar-refractivity contribution in [3.05, 3.63) is 23.4 Å². The van der Waals surface area contributed by atoms with Crippen LogP contribution in [-0.4, -0.2) is 29.1 Å². The number of hydrogen-bond acceptors (Lipinski definition) is 3. The van der Waals surface area contributed by atoms with Gasteiger partial charge in [0, 0.05) is 18.8 Å². The molecule has 2 unspecified atom stereocenters.